The van der Waals surface area contributed by atoms with Gasteiger partial charge >= 0.3 is 0 Å². The minimum atomic E-state index is -0.126. The minimum Gasteiger partial charge on any atom is -0.490 e. The van der Waals surface area contributed by atoms with Crippen LogP contribution < -0.4 is 14.2 Å². The summed E-state index contributed by atoms with van der Waals surface area (Å²) < 4.78 is 18.8. The summed E-state index contributed by atoms with van der Waals surface area (Å²) in [5.41, 5.74) is 1.45. The molecule has 0 aliphatic heterocycles. The quantitative estimate of drug-likeness (QED) is 0.687. The molecule has 26 heavy (non-hydrogen) atoms. The largest absolute Gasteiger partial charge is 0.490 e. The van der Waals surface area contributed by atoms with Crippen LogP contribution in [0.15, 0.2) is 24.5 Å². The van der Waals surface area contributed by atoms with Crippen molar-refractivity contribution in [1.29, 1.82) is 0 Å². The van der Waals surface area contributed by atoms with Gasteiger partial charge in [-0.3, -0.25) is 9.48 Å². The van der Waals surface area contributed by atoms with E-state index >= 15 is 0 Å². The molecule has 2 rings (SSSR count). The molecule has 2 aromatic rings. The highest BCUT2D eigenvalue weighted by atomic mass is 16.5. The third kappa shape index (κ3) is 4.68. The van der Waals surface area contributed by atoms with Crippen molar-refractivity contribution in [3.63, 3.8) is 0 Å². The molecular weight excluding hydrogens is 334 g/mol. The van der Waals surface area contributed by atoms with Gasteiger partial charge in [0, 0.05) is 38.0 Å². The number of ether oxygens (including phenoxy) is 3. The zero-order valence-corrected chi connectivity index (χ0v) is 16.1. The summed E-state index contributed by atoms with van der Waals surface area (Å²) in [5, 5.41) is 4.13. The number of carbonyl (C=O) groups is 1. The molecule has 0 fully saturated rings. The molecule has 0 atom stereocenters. The summed E-state index contributed by atoms with van der Waals surface area (Å²) in [5.74, 6) is 1.43. The second-order valence-corrected chi connectivity index (χ2v) is 5.78. The molecule has 1 aromatic heterocycles. The van der Waals surface area contributed by atoms with Crippen molar-refractivity contribution < 1.29 is 19.0 Å². The number of hydrogen-bond acceptors (Lipinski definition) is 5. The molecule has 0 aliphatic carbocycles. The van der Waals surface area contributed by atoms with Gasteiger partial charge in [-0.1, -0.05) is 0 Å². The lowest BCUT2D eigenvalue weighted by molar-refractivity contribution is 0.0784. The first-order chi connectivity index (χ1) is 12.5. The summed E-state index contributed by atoms with van der Waals surface area (Å²) in [7, 11) is 3.60. The smallest absolute Gasteiger partial charge is 0.254 e. The van der Waals surface area contributed by atoms with E-state index in [1.807, 2.05) is 34.0 Å². The molecule has 0 saturated heterocycles. The van der Waals surface area contributed by atoms with Gasteiger partial charge in [-0.05, 0) is 32.9 Å². The van der Waals surface area contributed by atoms with Gasteiger partial charge in [0.25, 0.3) is 5.91 Å². The Kier molecular flexibility index (Phi) is 6.89. The average Bonchev–Trinajstić information content (AvgIpc) is 3.02. The Labute approximate surface area is 154 Å². The molecule has 1 amide bonds. The zero-order valence-electron chi connectivity index (χ0n) is 16.1. The van der Waals surface area contributed by atoms with Gasteiger partial charge in [-0.2, -0.15) is 5.10 Å². The van der Waals surface area contributed by atoms with E-state index in [0.717, 1.165) is 5.56 Å². The molecule has 0 spiro atoms. The van der Waals surface area contributed by atoms with Gasteiger partial charge in [0.2, 0.25) is 5.75 Å². The molecule has 0 N–H and O–H groups in total. The standard InChI is InChI=1S/C19H27N3O4/c1-6-24-16-9-15(10-17(25-7-2)18(16)26-8-3)19(23)21(4)12-14-11-20-22(5)13-14/h9-11,13H,6-8,12H2,1-5H3. The van der Waals surface area contributed by atoms with Crippen LogP contribution in [-0.2, 0) is 13.6 Å². The van der Waals surface area contributed by atoms with Crippen molar-refractivity contribution in [3.05, 3.63) is 35.7 Å². The molecular formula is C19H27N3O4. The van der Waals surface area contributed by atoms with Crippen molar-refractivity contribution in [2.75, 3.05) is 26.9 Å². The van der Waals surface area contributed by atoms with Crippen LogP contribution in [0.3, 0.4) is 0 Å². The van der Waals surface area contributed by atoms with Crippen LogP contribution in [0, 0.1) is 0 Å². The molecule has 0 saturated carbocycles. The van der Waals surface area contributed by atoms with Gasteiger partial charge in [0.15, 0.2) is 11.5 Å². The lowest BCUT2D eigenvalue weighted by Crippen LogP contribution is -2.26. The molecule has 7 nitrogen and oxygen atoms in total. The highest BCUT2D eigenvalue weighted by molar-refractivity contribution is 5.95. The summed E-state index contributed by atoms with van der Waals surface area (Å²) in [6, 6.07) is 3.41. The average molecular weight is 361 g/mol. The van der Waals surface area contributed by atoms with E-state index in [4.69, 9.17) is 14.2 Å². The third-order valence-corrected chi connectivity index (χ3v) is 3.68. The number of carbonyl (C=O) groups excluding carboxylic acids is 1. The van der Waals surface area contributed by atoms with Crippen LogP contribution in [0.5, 0.6) is 17.2 Å². The van der Waals surface area contributed by atoms with E-state index in [0.29, 0.717) is 49.2 Å². The summed E-state index contributed by atoms with van der Waals surface area (Å²) >= 11 is 0. The predicted molar refractivity (Wildman–Crippen MR) is 99.0 cm³/mol. The van der Waals surface area contributed by atoms with E-state index in [1.54, 1.807) is 35.0 Å². The second-order valence-electron chi connectivity index (χ2n) is 5.78. The zero-order chi connectivity index (χ0) is 19.1. The fraction of sp³-hybridized carbons (Fsp3) is 0.474. The van der Waals surface area contributed by atoms with Crippen LogP contribution in [0.1, 0.15) is 36.7 Å². The van der Waals surface area contributed by atoms with E-state index in [2.05, 4.69) is 5.10 Å². The van der Waals surface area contributed by atoms with Gasteiger partial charge < -0.3 is 19.1 Å². The lowest BCUT2D eigenvalue weighted by Gasteiger charge is -2.20. The Hall–Kier alpha value is -2.70. The Balaban J connectivity index is 2.32. The van der Waals surface area contributed by atoms with Gasteiger partial charge in [-0.25, -0.2) is 0 Å². The van der Waals surface area contributed by atoms with Crippen LogP contribution in [0.2, 0.25) is 0 Å². The second kappa shape index (κ2) is 9.12. The number of nitrogens with zero attached hydrogens (tertiary/aromatic N) is 3. The van der Waals surface area contributed by atoms with Gasteiger partial charge in [0.05, 0.1) is 26.0 Å². The number of hydrogen-bond donors (Lipinski definition) is 0. The highest BCUT2D eigenvalue weighted by Crippen LogP contribution is 2.39. The fourth-order valence-electron chi connectivity index (χ4n) is 2.63. The van der Waals surface area contributed by atoms with E-state index < -0.39 is 0 Å². The summed E-state index contributed by atoms with van der Waals surface area (Å²) in [6.45, 7) is 7.55. The fourth-order valence-corrected chi connectivity index (χ4v) is 2.63. The first-order valence-electron chi connectivity index (χ1n) is 8.79. The Morgan fingerprint density at radius 2 is 1.65 bits per heavy atom. The van der Waals surface area contributed by atoms with Crippen molar-refractivity contribution in [2.24, 2.45) is 7.05 Å². The maximum absolute atomic E-state index is 12.9. The molecule has 7 heteroatoms. The number of aromatic nitrogens is 2. The molecule has 1 heterocycles. The number of aryl methyl sites for hydroxylation is 1. The van der Waals surface area contributed by atoms with Crippen LogP contribution in [-0.4, -0.2) is 47.5 Å². The van der Waals surface area contributed by atoms with Crippen molar-refractivity contribution in [1.82, 2.24) is 14.7 Å². The summed E-state index contributed by atoms with van der Waals surface area (Å²) in [6.07, 6.45) is 3.64. The highest BCUT2D eigenvalue weighted by Gasteiger charge is 2.20. The SMILES string of the molecule is CCOc1cc(C(=O)N(C)Cc2cnn(C)c2)cc(OCC)c1OCC. The van der Waals surface area contributed by atoms with Crippen LogP contribution >= 0.6 is 0 Å². The van der Waals surface area contributed by atoms with Gasteiger partial charge in [-0.15, -0.1) is 0 Å². The van der Waals surface area contributed by atoms with E-state index in [9.17, 15) is 4.79 Å². The normalized spacial score (nSPS) is 10.5. The number of amides is 1. The van der Waals surface area contributed by atoms with E-state index in [-0.39, 0.29) is 5.91 Å². The molecule has 0 radical (unpaired) electrons. The number of rotatable bonds is 9. The predicted octanol–water partition coefficient (Wildman–Crippen LogP) is 2.89. The van der Waals surface area contributed by atoms with Crippen molar-refractivity contribution in [3.8, 4) is 17.2 Å². The minimum absolute atomic E-state index is 0.126. The lowest BCUT2D eigenvalue weighted by atomic mass is 10.1. The van der Waals surface area contributed by atoms with Crippen molar-refractivity contribution in [2.45, 2.75) is 27.3 Å². The molecule has 0 aliphatic rings. The molecule has 1 aromatic carbocycles. The molecule has 0 unspecified atom stereocenters. The molecule has 142 valence electrons. The monoisotopic (exact) mass is 361 g/mol. The van der Waals surface area contributed by atoms with Crippen LogP contribution in [0.25, 0.3) is 0 Å². The third-order valence-electron chi connectivity index (χ3n) is 3.68. The summed E-state index contributed by atoms with van der Waals surface area (Å²) in [4.78, 5) is 14.5. The van der Waals surface area contributed by atoms with E-state index in [1.165, 1.54) is 0 Å². The first kappa shape index (κ1) is 19.6. The molecule has 0 bridgehead atoms. The topological polar surface area (TPSA) is 65.8 Å². The Bertz CT molecular complexity index is 715. The first-order valence-corrected chi connectivity index (χ1v) is 8.79. The van der Waals surface area contributed by atoms with Crippen LogP contribution in [0.4, 0.5) is 0 Å². The van der Waals surface area contributed by atoms with Crippen molar-refractivity contribution >= 4 is 5.91 Å². The maximum atomic E-state index is 12.9. The van der Waals surface area contributed by atoms with Gasteiger partial charge in [0.1, 0.15) is 0 Å². The Morgan fingerprint density at radius 3 is 2.12 bits per heavy atom. The number of benzene rings is 1. The maximum Gasteiger partial charge on any atom is 0.254 e. The Morgan fingerprint density at radius 1 is 1.08 bits per heavy atom.